The Labute approximate surface area is 169 Å². The summed E-state index contributed by atoms with van der Waals surface area (Å²) >= 11 is 0. The first-order valence-corrected chi connectivity index (χ1v) is 9.86. The number of nitrogens with one attached hydrogen (secondary N) is 2. The van der Waals surface area contributed by atoms with Crippen molar-refractivity contribution in [2.45, 2.75) is 31.7 Å². The molecule has 1 aliphatic carbocycles. The molecule has 0 radical (unpaired) electrons. The molecule has 0 aliphatic heterocycles. The molecular formula is C22H26FN3O3. The van der Waals surface area contributed by atoms with E-state index >= 15 is 0 Å². The van der Waals surface area contributed by atoms with E-state index in [9.17, 15) is 14.0 Å². The summed E-state index contributed by atoms with van der Waals surface area (Å²) < 4.78 is 18.3. The van der Waals surface area contributed by atoms with Crippen LogP contribution in [-0.2, 0) is 9.53 Å². The molecule has 154 valence electrons. The quantitative estimate of drug-likeness (QED) is 0.702. The minimum atomic E-state index is -0.325. The third-order valence-electron chi connectivity index (χ3n) is 5.18. The van der Waals surface area contributed by atoms with E-state index in [0.29, 0.717) is 30.0 Å². The minimum absolute atomic E-state index is 0.00720. The monoisotopic (exact) mass is 399 g/mol. The fraction of sp³-hybridized carbons (Fsp3) is 0.409. The van der Waals surface area contributed by atoms with Gasteiger partial charge in [-0.3, -0.25) is 14.6 Å². The van der Waals surface area contributed by atoms with Crippen LogP contribution in [0.3, 0.4) is 0 Å². The average molecular weight is 399 g/mol. The van der Waals surface area contributed by atoms with Gasteiger partial charge in [-0.15, -0.1) is 0 Å². The molecule has 0 spiro atoms. The molecule has 2 aromatic rings. The van der Waals surface area contributed by atoms with Crippen molar-refractivity contribution < 1.29 is 18.7 Å². The maximum atomic E-state index is 13.4. The van der Waals surface area contributed by atoms with Crippen molar-refractivity contribution in [3.8, 4) is 11.3 Å². The van der Waals surface area contributed by atoms with Gasteiger partial charge in [0.15, 0.2) is 0 Å². The molecule has 1 aromatic carbocycles. The Balaban J connectivity index is 1.49. The molecule has 0 unspecified atom stereocenters. The highest BCUT2D eigenvalue weighted by atomic mass is 19.1. The van der Waals surface area contributed by atoms with Crippen LogP contribution in [0.5, 0.6) is 0 Å². The average Bonchev–Trinajstić information content (AvgIpc) is 2.74. The van der Waals surface area contributed by atoms with Crippen molar-refractivity contribution in [3.05, 3.63) is 54.0 Å². The Kier molecular flexibility index (Phi) is 7.30. The van der Waals surface area contributed by atoms with Gasteiger partial charge in [-0.05, 0) is 49.9 Å². The molecule has 29 heavy (non-hydrogen) atoms. The van der Waals surface area contributed by atoms with E-state index in [1.165, 1.54) is 18.3 Å². The number of hydrogen-bond acceptors (Lipinski definition) is 4. The van der Waals surface area contributed by atoms with E-state index in [4.69, 9.17) is 4.74 Å². The number of hydrogen-bond donors (Lipinski definition) is 2. The highest BCUT2D eigenvalue weighted by Crippen LogP contribution is 2.25. The zero-order valence-electron chi connectivity index (χ0n) is 16.5. The van der Waals surface area contributed by atoms with Gasteiger partial charge in [-0.1, -0.05) is 12.1 Å². The van der Waals surface area contributed by atoms with Crippen LogP contribution in [0.25, 0.3) is 11.3 Å². The number of benzene rings is 1. The fourth-order valence-electron chi connectivity index (χ4n) is 3.54. The summed E-state index contributed by atoms with van der Waals surface area (Å²) in [7, 11) is 1.60. The van der Waals surface area contributed by atoms with Crippen molar-refractivity contribution in [1.82, 2.24) is 15.6 Å². The maximum absolute atomic E-state index is 13.4. The molecule has 0 bridgehead atoms. The van der Waals surface area contributed by atoms with E-state index in [0.717, 1.165) is 25.7 Å². The fourth-order valence-corrected chi connectivity index (χ4v) is 3.54. The molecule has 1 aliphatic rings. The van der Waals surface area contributed by atoms with Gasteiger partial charge in [0.1, 0.15) is 5.82 Å². The Hall–Kier alpha value is -2.80. The smallest absolute Gasteiger partial charge is 0.253 e. The zero-order chi connectivity index (χ0) is 20.6. The number of rotatable bonds is 7. The number of carbonyl (C=O) groups is 2. The van der Waals surface area contributed by atoms with Gasteiger partial charge in [0.05, 0.1) is 17.9 Å². The van der Waals surface area contributed by atoms with Crippen molar-refractivity contribution in [2.24, 2.45) is 5.92 Å². The highest BCUT2D eigenvalue weighted by Gasteiger charge is 2.27. The topological polar surface area (TPSA) is 80.3 Å². The number of halogens is 1. The van der Waals surface area contributed by atoms with Gasteiger partial charge in [-0.25, -0.2) is 4.39 Å². The molecule has 3 rings (SSSR count). The Bertz CT molecular complexity index is 833. The molecule has 1 heterocycles. The summed E-state index contributed by atoms with van der Waals surface area (Å²) in [6.45, 7) is 1.02. The second-order valence-corrected chi connectivity index (χ2v) is 7.25. The first-order valence-electron chi connectivity index (χ1n) is 9.86. The summed E-state index contributed by atoms with van der Waals surface area (Å²) in [6, 6.07) is 9.64. The Morgan fingerprint density at radius 3 is 2.62 bits per heavy atom. The number of aromatic nitrogens is 1. The van der Waals surface area contributed by atoms with Crippen molar-refractivity contribution >= 4 is 11.8 Å². The normalized spacial score (nSPS) is 18.8. The van der Waals surface area contributed by atoms with Crippen LogP contribution >= 0.6 is 0 Å². The van der Waals surface area contributed by atoms with Crippen LogP contribution in [0.15, 0.2) is 42.6 Å². The number of methoxy groups -OCH3 is 1. The summed E-state index contributed by atoms with van der Waals surface area (Å²) in [5, 5.41) is 5.90. The van der Waals surface area contributed by atoms with Crippen molar-refractivity contribution in [3.63, 3.8) is 0 Å². The number of carbonyl (C=O) groups excluding carboxylic acids is 2. The van der Waals surface area contributed by atoms with E-state index < -0.39 is 0 Å². The van der Waals surface area contributed by atoms with Gasteiger partial charge < -0.3 is 15.4 Å². The lowest BCUT2D eigenvalue weighted by Crippen LogP contribution is -2.41. The number of nitrogens with zero attached hydrogens (tertiary/aromatic N) is 1. The number of pyridine rings is 1. The van der Waals surface area contributed by atoms with Crippen LogP contribution in [0.2, 0.25) is 0 Å². The number of amides is 2. The Morgan fingerprint density at radius 1 is 1.17 bits per heavy atom. The molecule has 2 N–H and O–H groups in total. The van der Waals surface area contributed by atoms with Crippen molar-refractivity contribution in [1.29, 1.82) is 0 Å². The molecule has 0 atom stereocenters. The first-order chi connectivity index (χ1) is 14.1. The summed E-state index contributed by atoms with van der Waals surface area (Å²) in [5.41, 5.74) is 1.74. The third-order valence-corrected chi connectivity index (χ3v) is 5.18. The van der Waals surface area contributed by atoms with Gasteiger partial charge in [0.25, 0.3) is 5.91 Å². The SMILES string of the molecule is COCCNC(=O)C1CCC(NC(=O)c2ccc(-c3cccc(F)c3)nc2)CC1. The molecule has 1 fully saturated rings. The molecule has 7 heteroatoms. The summed E-state index contributed by atoms with van der Waals surface area (Å²) in [6.07, 6.45) is 4.54. The molecule has 1 aromatic heterocycles. The van der Waals surface area contributed by atoms with Crippen LogP contribution in [0.1, 0.15) is 36.0 Å². The van der Waals surface area contributed by atoms with Crippen LogP contribution in [-0.4, -0.2) is 43.1 Å². The molecule has 1 saturated carbocycles. The van der Waals surface area contributed by atoms with Crippen molar-refractivity contribution in [2.75, 3.05) is 20.3 Å². The van der Waals surface area contributed by atoms with Crippen LogP contribution in [0.4, 0.5) is 4.39 Å². The largest absolute Gasteiger partial charge is 0.383 e. The number of ether oxygens (including phenoxy) is 1. The molecular weight excluding hydrogens is 373 g/mol. The predicted octanol–water partition coefficient (Wildman–Crippen LogP) is 2.94. The van der Waals surface area contributed by atoms with Crippen LogP contribution in [0, 0.1) is 11.7 Å². The van der Waals surface area contributed by atoms with E-state index in [1.54, 1.807) is 31.4 Å². The highest BCUT2D eigenvalue weighted by molar-refractivity contribution is 5.94. The lowest BCUT2D eigenvalue weighted by atomic mass is 9.85. The standard InChI is InChI=1S/C22H26FN3O3/c1-29-12-11-24-21(27)15-5-8-19(9-6-15)26-22(28)17-7-10-20(25-14-17)16-3-2-4-18(23)13-16/h2-4,7,10,13-15,19H,5-6,8-9,11-12H2,1H3,(H,24,27)(H,26,28). The summed E-state index contributed by atoms with van der Waals surface area (Å²) in [4.78, 5) is 28.9. The van der Waals surface area contributed by atoms with Crippen LogP contribution < -0.4 is 10.6 Å². The van der Waals surface area contributed by atoms with Gasteiger partial charge in [0, 0.05) is 37.4 Å². The molecule has 2 amide bonds. The third kappa shape index (κ3) is 5.84. The van der Waals surface area contributed by atoms with Gasteiger partial charge >= 0.3 is 0 Å². The zero-order valence-corrected chi connectivity index (χ0v) is 16.5. The second kappa shape index (κ2) is 10.1. The minimum Gasteiger partial charge on any atom is -0.383 e. The van der Waals surface area contributed by atoms with E-state index in [-0.39, 0.29) is 29.6 Å². The molecule has 0 saturated heterocycles. The Morgan fingerprint density at radius 2 is 1.97 bits per heavy atom. The maximum Gasteiger partial charge on any atom is 0.253 e. The second-order valence-electron chi connectivity index (χ2n) is 7.25. The molecule has 6 nitrogen and oxygen atoms in total. The van der Waals surface area contributed by atoms with E-state index in [1.807, 2.05) is 0 Å². The van der Waals surface area contributed by atoms with Gasteiger partial charge in [0.2, 0.25) is 5.91 Å². The van der Waals surface area contributed by atoms with E-state index in [2.05, 4.69) is 15.6 Å². The lowest BCUT2D eigenvalue weighted by molar-refractivity contribution is -0.126. The van der Waals surface area contributed by atoms with Gasteiger partial charge in [-0.2, -0.15) is 0 Å². The predicted molar refractivity (Wildman–Crippen MR) is 108 cm³/mol. The summed E-state index contributed by atoms with van der Waals surface area (Å²) in [5.74, 6) is -0.457. The first kappa shape index (κ1) is 20.9. The lowest BCUT2D eigenvalue weighted by Gasteiger charge is -2.28.